The Morgan fingerprint density at radius 3 is 1.36 bits per heavy atom. The van der Waals surface area contributed by atoms with Gasteiger partial charge in [-0.15, -0.1) is 0 Å². The van der Waals surface area contributed by atoms with Gasteiger partial charge in [0, 0.05) is 19.4 Å². The van der Waals surface area contributed by atoms with Crippen LogP contribution in [0.3, 0.4) is 0 Å². The number of nitrogens with two attached hydrogens (primary N) is 1. The second-order valence-electron chi connectivity index (χ2n) is 14.6. The second kappa shape index (κ2) is 40.2. The number of hydrogen-bond acceptors (Lipinski definition) is 8. The highest BCUT2D eigenvalue weighted by Crippen LogP contribution is 2.43. The molecule has 0 heterocycles. The molecule has 0 aromatic rings. The van der Waals surface area contributed by atoms with Gasteiger partial charge in [0.25, 0.3) is 0 Å². The van der Waals surface area contributed by atoms with Crippen LogP contribution in [0.4, 0.5) is 0 Å². The zero-order valence-corrected chi connectivity index (χ0v) is 35.2. The number of carbonyl (C=O) groups excluding carboxylic acids is 2. The van der Waals surface area contributed by atoms with Crippen molar-refractivity contribution in [2.45, 2.75) is 213 Å². The molecular formula is C43H82NO8P. The summed E-state index contributed by atoms with van der Waals surface area (Å²) < 4.78 is 32.8. The van der Waals surface area contributed by atoms with Crippen molar-refractivity contribution in [2.75, 3.05) is 26.4 Å². The molecule has 0 aromatic heterocycles. The van der Waals surface area contributed by atoms with Gasteiger partial charge in [-0.25, -0.2) is 4.57 Å². The molecule has 10 heteroatoms. The molecule has 3 N–H and O–H groups in total. The van der Waals surface area contributed by atoms with Crippen LogP contribution >= 0.6 is 7.82 Å². The maximum Gasteiger partial charge on any atom is 0.472 e. The van der Waals surface area contributed by atoms with Crippen molar-refractivity contribution in [1.29, 1.82) is 0 Å². The zero-order valence-electron chi connectivity index (χ0n) is 34.3. The summed E-state index contributed by atoms with van der Waals surface area (Å²) in [6.45, 7) is 3.71. The molecule has 0 aliphatic heterocycles. The highest BCUT2D eigenvalue weighted by Gasteiger charge is 2.26. The summed E-state index contributed by atoms with van der Waals surface area (Å²) in [6.07, 6.45) is 42.0. The van der Waals surface area contributed by atoms with Gasteiger partial charge in [-0.3, -0.25) is 18.6 Å². The first-order valence-electron chi connectivity index (χ1n) is 21.8. The van der Waals surface area contributed by atoms with Crippen LogP contribution in [0.5, 0.6) is 0 Å². The van der Waals surface area contributed by atoms with Gasteiger partial charge in [-0.2, -0.15) is 0 Å². The first-order chi connectivity index (χ1) is 25.8. The summed E-state index contributed by atoms with van der Waals surface area (Å²) in [4.78, 5) is 34.8. The lowest BCUT2D eigenvalue weighted by Gasteiger charge is -2.19. The van der Waals surface area contributed by atoms with E-state index < -0.39 is 26.5 Å². The number of phosphoric ester groups is 1. The molecule has 0 aliphatic carbocycles. The molecule has 312 valence electrons. The molecule has 0 bridgehead atoms. The second-order valence-corrected chi connectivity index (χ2v) is 16.0. The molecule has 0 rings (SSSR count). The van der Waals surface area contributed by atoms with Crippen LogP contribution in [0.15, 0.2) is 24.3 Å². The van der Waals surface area contributed by atoms with Crippen molar-refractivity contribution >= 4 is 19.8 Å². The lowest BCUT2D eigenvalue weighted by atomic mass is 10.1. The summed E-state index contributed by atoms with van der Waals surface area (Å²) in [5.74, 6) is -0.836. The molecule has 0 amide bonds. The van der Waals surface area contributed by atoms with Gasteiger partial charge >= 0.3 is 19.8 Å². The van der Waals surface area contributed by atoms with E-state index in [4.69, 9.17) is 24.3 Å². The Kier molecular flexibility index (Phi) is 39.0. The standard InChI is InChI=1S/C43H82NO8P/c1-3-5-7-9-11-13-15-17-18-19-20-21-22-24-26-28-30-32-34-36-43(46)52-41(40-51-53(47,48)50-38-37-44)39-49-42(45)35-33-31-29-27-25-23-16-14-12-10-8-6-4-2/h14,16-18,41H,3-13,15,19-40,44H2,1-2H3,(H,47,48). The van der Waals surface area contributed by atoms with E-state index in [-0.39, 0.29) is 38.6 Å². The number of rotatable bonds is 41. The van der Waals surface area contributed by atoms with Gasteiger partial charge in [-0.1, -0.05) is 154 Å². The van der Waals surface area contributed by atoms with E-state index in [0.29, 0.717) is 6.42 Å². The number of esters is 2. The Labute approximate surface area is 325 Å². The normalized spacial score (nSPS) is 13.5. The largest absolute Gasteiger partial charge is 0.472 e. The van der Waals surface area contributed by atoms with Gasteiger partial charge in [-0.05, 0) is 64.2 Å². The molecule has 0 radical (unpaired) electrons. The van der Waals surface area contributed by atoms with Crippen molar-refractivity contribution in [3.63, 3.8) is 0 Å². The third kappa shape index (κ3) is 40.0. The summed E-state index contributed by atoms with van der Waals surface area (Å²) in [5.41, 5.74) is 5.34. The average molecular weight is 772 g/mol. The predicted molar refractivity (Wildman–Crippen MR) is 220 cm³/mol. The Morgan fingerprint density at radius 1 is 0.547 bits per heavy atom. The van der Waals surface area contributed by atoms with E-state index in [1.54, 1.807) is 0 Å². The van der Waals surface area contributed by atoms with E-state index in [9.17, 15) is 19.0 Å². The molecule has 0 aliphatic rings. The van der Waals surface area contributed by atoms with Crippen molar-refractivity contribution < 1.29 is 37.6 Å². The Morgan fingerprint density at radius 2 is 0.925 bits per heavy atom. The van der Waals surface area contributed by atoms with Crippen LogP contribution < -0.4 is 5.73 Å². The van der Waals surface area contributed by atoms with Crippen molar-refractivity contribution in [3.05, 3.63) is 24.3 Å². The molecule has 0 fully saturated rings. The van der Waals surface area contributed by atoms with Crippen LogP contribution in [0.2, 0.25) is 0 Å². The van der Waals surface area contributed by atoms with Crippen LogP contribution in [-0.2, 0) is 32.7 Å². The van der Waals surface area contributed by atoms with Gasteiger partial charge in [0.05, 0.1) is 13.2 Å². The zero-order chi connectivity index (χ0) is 38.9. The number of phosphoric acid groups is 1. The molecular weight excluding hydrogens is 689 g/mol. The first-order valence-corrected chi connectivity index (χ1v) is 23.3. The van der Waals surface area contributed by atoms with E-state index >= 15 is 0 Å². The summed E-state index contributed by atoms with van der Waals surface area (Å²) in [5, 5.41) is 0. The molecule has 0 aromatic carbocycles. The Balaban J connectivity index is 4.13. The highest BCUT2D eigenvalue weighted by molar-refractivity contribution is 7.47. The minimum atomic E-state index is -4.37. The van der Waals surface area contributed by atoms with E-state index in [1.165, 1.54) is 116 Å². The molecule has 2 atom stereocenters. The molecule has 0 saturated carbocycles. The highest BCUT2D eigenvalue weighted by atomic mass is 31.2. The number of hydrogen-bond donors (Lipinski definition) is 2. The van der Waals surface area contributed by atoms with Crippen LogP contribution in [-0.4, -0.2) is 49.3 Å². The van der Waals surface area contributed by atoms with Crippen molar-refractivity contribution in [1.82, 2.24) is 0 Å². The van der Waals surface area contributed by atoms with Crippen LogP contribution in [0.1, 0.15) is 206 Å². The quantitative estimate of drug-likeness (QED) is 0.0269. The lowest BCUT2D eigenvalue weighted by Crippen LogP contribution is -2.29. The van der Waals surface area contributed by atoms with Crippen molar-refractivity contribution in [2.24, 2.45) is 5.73 Å². The fourth-order valence-electron chi connectivity index (χ4n) is 6.04. The average Bonchev–Trinajstić information content (AvgIpc) is 3.14. The predicted octanol–water partition coefficient (Wildman–Crippen LogP) is 12.4. The topological polar surface area (TPSA) is 134 Å². The van der Waals surface area contributed by atoms with E-state index in [0.717, 1.165) is 57.8 Å². The monoisotopic (exact) mass is 772 g/mol. The number of unbranched alkanes of at least 4 members (excludes halogenated alkanes) is 24. The summed E-state index contributed by atoms with van der Waals surface area (Å²) in [6, 6.07) is 0. The van der Waals surface area contributed by atoms with E-state index in [1.807, 2.05) is 0 Å². The Hall–Kier alpha value is -1.51. The van der Waals surface area contributed by atoms with Crippen LogP contribution in [0, 0.1) is 0 Å². The van der Waals surface area contributed by atoms with Gasteiger partial charge in [0.2, 0.25) is 0 Å². The molecule has 9 nitrogen and oxygen atoms in total. The smallest absolute Gasteiger partial charge is 0.462 e. The fraction of sp³-hybridized carbons (Fsp3) is 0.860. The molecule has 53 heavy (non-hydrogen) atoms. The summed E-state index contributed by atoms with van der Waals surface area (Å²) >= 11 is 0. The number of allylic oxidation sites excluding steroid dienone is 4. The fourth-order valence-corrected chi connectivity index (χ4v) is 6.80. The van der Waals surface area contributed by atoms with Crippen LogP contribution in [0.25, 0.3) is 0 Å². The number of ether oxygens (including phenoxy) is 2. The number of carbonyl (C=O) groups is 2. The minimum absolute atomic E-state index is 0.0530. The van der Waals surface area contributed by atoms with Gasteiger partial charge in [0.1, 0.15) is 6.61 Å². The van der Waals surface area contributed by atoms with E-state index in [2.05, 4.69) is 38.2 Å². The molecule has 0 saturated heterocycles. The Bertz CT molecular complexity index is 928. The summed E-state index contributed by atoms with van der Waals surface area (Å²) in [7, 11) is -4.37. The minimum Gasteiger partial charge on any atom is -0.462 e. The lowest BCUT2D eigenvalue weighted by molar-refractivity contribution is -0.161. The maximum absolute atomic E-state index is 12.6. The SMILES string of the molecule is CCCCCCC=CCCCCCCCC(=O)OCC(COP(=O)(O)OCCN)OC(=O)CCCCCCCCCCCC=CCCCCCCCC. The van der Waals surface area contributed by atoms with Gasteiger partial charge in [0.15, 0.2) is 6.10 Å². The molecule has 0 spiro atoms. The first kappa shape index (κ1) is 51.5. The molecule has 2 unspecified atom stereocenters. The van der Waals surface area contributed by atoms with Crippen molar-refractivity contribution in [3.8, 4) is 0 Å². The third-order valence-corrected chi connectivity index (χ3v) is 10.3. The maximum atomic E-state index is 12.6. The van der Waals surface area contributed by atoms with Gasteiger partial charge < -0.3 is 20.1 Å². The third-order valence-electron chi connectivity index (χ3n) is 9.31.